The van der Waals surface area contributed by atoms with E-state index in [9.17, 15) is 5.26 Å². The molecule has 2 aromatic heterocycles. The van der Waals surface area contributed by atoms with Crippen molar-refractivity contribution in [1.82, 2.24) is 4.57 Å². The Morgan fingerprint density at radius 3 is 2.35 bits per heavy atom. The summed E-state index contributed by atoms with van der Waals surface area (Å²) in [5.41, 5.74) is 14.1. The molecule has 0 bridgehead atoms. The molecule has 0 aliphatic rings. The van der Waals surface area contributed by atoms with Gasteiger partial charge in [-0.05, 0) is 65.7 Å². The summed E-state index contributed by atoms with van der Waals surface area (Å²) in [6, 6.07) is 49.7. The molecule has 8 rings (SSSR count). The summed E-state index contributed by atoms with van der Waals surface area (Å²) < 4.78 is 4.95. The topological polar surface area (TPSA) is 67.1 Å². The Labute approximate surface area is 270 Å². The smallest absolute Gasteiger partial charge is 0.0991 e. The van der Waals surface area contributed by atoms with Crippen molar-refractivity contribution < 1.29 is 0 Å². The molecule has 2 heterocycles. The van der Waals surface area contributed by atoms with Gasteiger partial charge < -0.3 is 10.3 Å². The molecule has 0 saturated heterocycles. The fourth-order valence-corrected chi connectivity index (χ4v) is 7.38. The van der Waals surface area contributed by atoms with Gasteiger partial charge in [0.25, 0.3) is 0 Å². The molecule has 1 atom stereocenters. The van der Waals surface area contributed by atoms with Gasteiger partial charge in [-0.1, -0.05) is 91.0 Å². The Kier molecular flexibility index (Phi) is 7.00. The van der Waals surface area contributed by atoms with Gasteiger partial charge in [0, 0.05) is 48.4 Å². The molecule has 4 nitrogen and oxygen atoms in total. The lowest BCUT2D eigenvalue weighted by Gasteiger charge is -2.11. The lowest BCUT2D eigenvalue weighted by atomic mass is 10.0. The van der Waals surface area contributed by atoms with E-state index in [-0.39, 0.29) is 6.04 Å². The van der Waals surface area contributed by atoms with Crippen molar-refractivity contribution in [2.45, 2.75) is 6.04 Å². The summed E-state index contributed by atoms with van der Waals surface area (Å²) in [4.78, 5) is 4.96. The first kappa shape index (κ1) is 27.7. The van der Waals surface area contributed by atoms with Crippen LogP contribution >= 0.6 is 11.3 Å². The highest BCUT2D eigenvalue weighted by Gasteiger charge is 2.15. The van der Waals surface area contributed by atoms with Gasteiger partial charge in [-0.3, -0.25) is 4.99 Å². The second kappa shape index (κ2) is 11.6. The van der Waals surface area contributed by atoms with Crippen molar-refractivity contribution in [3.05, 3.63) is 168 Å². The minimum atomic E-state index is -0.354. The average Bonchev–Trinajstić information content (AvgIpc) is 3.64. The van der Waals surface area contributed by atoms with Crippen LogP contribution in [0.25, 0.3) is 53.4 Å². The Bertz CT molecular complexity index is 2510. The van der Waals surface area contributed by atoms with E-state index in [0.717, 1.165) is 27.9 Å². The second-order valence-corrected chi connectivity index (χ2v) is 12.4. The predicted octanol–water partition coefficient (Wildman–Crippen LogP) is 10.2. The fraction of sp³-hybridized carbons (Fsp3) is 0.0244. The fourth-order valence-electron chi connectivity index (χ4n) is 6.26. The maximum Gasteiger partial charge on any atom is 0.0991 e. The highest BCUT2D eigenvalue weighted by atomic mass is 32.1. The van der Waals surface area contributed by atoms with Crippen molar-refractivity contribution >= 4 is 65.2 Å². The summed E-state index contributed by atoms with van der Waals surface area (Å²) in [5, 5.41) is 14.6. The van der Waals surface area contributed by atoms with Crippen molar-refractivity contribution in [2.24, 2.45) is 10.7 Å². The minimum Gasteiger partial charge on any atom is -0.321 e. The summed E-state index contributed by atoms with van der Waals surface area (Å²) in [6.45, 7) is 0. The number of thiophene rings is 1. The maximum absolute atomic E-state index is 9.55. The van der Waals surface area contributed by atoms with Crippen LogP contribution in [0, 0.1) is 11.3 Å². The SMILES string of the molecule is N#Cc1cccc(/C(=C/C(N)c2ccccc2)N=Cc2cccc(-n3c4ccccc4c4cc5sc6ccccc6c5cc43)c2)c1. The normalized spacial score (nSPS) is 12.8. The number of para-hydroxylation sites is 1. The van der Waals surface area contributed by atoms with Gasteiger partial charge in [-0.15, -0.1) is 11.3 Å². The summed E-state index contributed by atoms with van der Waals surface area (Å²) >= 11 is 1.85. The number of aliphatic imine (C=N–C) groups is 1. The highest BCUT2D eigenvalue weighted by Crippen LogP contribution is 2.40. The van der Waals surface area contributed by atoms with Crippen LogP contribution < -0.4 is 5.73 Å². The predicted molar refractivity (Wildman–Crippen MR) is 194 cm³/mol. The zero-order chi connectivity index (χ0) is 31.0. The summed E-state index contributed by atoms with van der Waals surface area (Å²) in [7, 11) is 0. The van der Waals surface area contributed by atoms with E-state index in [2.05, 4.69) is 95.6 Å². The van der Waals surface area contributed by atoms with Crippen molar-refractivity contribution in [3.63, 3.8) is 0 Å². The molecular formula is C41H28N4S. The van der Waals surface area contributed by atoms with Gasteiger partial charge in [0.15, 0.2) is 0 Å². The van der Waals surface area contributed by atoms with E-state index in [1.807, 2.05) is 72.2 Å². The maximum atomic E-state index is 9.55. The van der Waals surface area contributed by atoms with E-state index < -0.39 is 0 Å². The van der Waals surface area contributed by atoms with Gasteiger partial charge in [0.1, 0.15) is 0 Å². The van der Waals surface area contributed by atoms with Crippen LogP contribution in [-0.4, -0.2) is 10.8 Å². The Balaban J connectivity index is 1.25. The number of hydrogen-bond acceptors (Lipinski definition) is 4. The molecule has 0 amide bonds. The molecule has 5 heteroatoms. The van der Waals surface area contributed by atoms with Crippen molar-refractivity contribution in [2.75, 3.05) is 0 Å². The molecule has 0 spiro atoms. The van der Waals surface area contributed by atoms with Gasteiger partial charge in [0.05, 0.1) is 34.4 Å². The van der Waals surface area contributed by atoms with Gasteiger partial charge in [-0.25, -0.2) is 0 Å². The number of rotatable bonds is 6. The molecule has 0 aliphatic carbocycles. The number of nitrogens with two attached hydrogens (primary N) is 1. The lowest BCUT2D eigenvalue weighted by molar-refractivity contribution is 0.911. The summed E-state index contributed by atoms with van der Waals surface area (Å²) in [5.74, 6) is 0. The molecule has 6 aromatic carbocycles. The van der Waals surface area contributed by atoms with Gasteiger partial charge in [-0.2, -0.15) is 5.26 Å². The minimum absolute atomic E-state index is 0.354. The first-order chi connectivity index (χ1) is 22.7. The first-order valence-electron chi connectivity index (χ1n) is 15.2. The molecule has 0 radical (unpaired) electrons. The first-order valence-corrected chi connectivity index (χ1v) is 16.0. The Morgan fingerprint density at radius 1 is 0.696 bits per heavy atom. The molecule has 218 valence electrons. The van der Waals surface area contributed by atoms with Crippen LogP contribution in [-0.2, 0) is 0 Å². The number of nitrogens with zero attached hydrogens (tertiary/aromatic N) is 3. The number of aromatic nitrogens is 1. The van der Waals surface area contributed by atoms with Crippen LogP contribution in [0.2, 0.25) is 0 Å². The quantitative estimate of drug-likeness (QED) is 0.191. The molecule has 2 N–H and O–H groups in total. The van der Waals surface area contributed by atoms with Crippen LogP contribution in [0.15, 0.2) is 151 Å². The largest absolute Gasteiger partial charge is 0.321 e. The zero-order valence-corrected chi connectivity index (χ0v) is 25.7. The van der Waals surface area contributed by atoms with E-state index in [4.69, 9.17) is 10.7 Å². The average molecular weight is 609 g/mol. The van der Waals surface area contributed by atoms with Crippen molar-refractivity contribution in [1.29, 1.82) is 5.26 Å². The molecule has 8 aromatic rings. The van der Waals surface area contributed by atoms with E-state index >= 15 is 0 Å². The monoisotopic (exact) mass is 608 g/mol. The Morgan fingerprint density at radius 2 is 1.48 bits per heavy atom. The number of nitriles is 1. The molecule has 46 heavy (non-hydrogen) atoms. The van der Waals surface area contributed by atoms with Crippen molar-refractivity contribution in [3.8, 4) is 11.8 Å². The van der Waals surface area contributed by atoms with Gasteiger partial charge in [0.2, 0.25) is 0 Å². The van der Waals surface area contributed by atoms with E-state index in [1.54, 1.807) is 6.07 Å². The number of fused-ring (bicyclic) bond motifs is 6. The van der Waals surface area contributed by atoms with Crippen LogP contribution in [0.1, 0.15) is 28.3 Å². The van der Waals surface area contributed by atoms with E-state index in [0.29, 0.717) is 11.3 Å². The molecule has 0 saturated carbocycles. The van der Waals surface area contributed by atoms with Crippen LogP contribution in [0.4, 0.5) is 0 Å². The van der Waals surface area contributed by atoms with Crippen LogP contribution in [0.3, 0.4) is 0 Å². The lowest BCUT2D eigenvalue weighted by Crippen LogP contribution is -2.07. The third kappa shape index (κ3) is 4.96. The number of hydrogen-bond donors (Lipinski definition) is 1. The molecule has 1 unspecified atom stereocenters. The Hall–Kier alpha value is -5.80. The highest BCUT2D eigenvalue weighted by molar-refractivity contribution is 7.25. The third-order valence-corrected chi connectivity index (χ3v) is 9.60. The third-order valence-electron chi connectivity index (χ3n) is 8.46. The molecule has 0 aliphatic heterocycles. The molecule has 0 fully saturated rings. The van der Waals surface area contributed by atoms with E-state index in [1.165, 1.54) is 36.5 Å². The molecular weight excluding hydrogens is 581 g/mol. The zero-order valence-electron chi connectivity index (χ0n) is 24.8. The number of benzene rings is 6. The second-order valence-electron chi connectivity index (χ2n) is 11.4. The standard InChI is InChI=1S/C41H28N4S/c42-25-27-10-8-14-30(20-27)37(24-36(43)29-12-2-1-3-13-29)44-26-28-11-9-15-31(21-28)45-38-18-6-4-16-32(38)34-23-41-35(22-39(34)45)33-17-5-7-19-40(33)46-41/h1-24,26,36H,43H2/b37-24-,44-26?. The summed E-state index contributed by atoms with van der Waals surface area (Å²) in [6.07, 6.45) is 3.83. The van der Waals surface area contributed by atoms with Gasteiger partial charge >= 0.3 is 0 Å². The van der Waals surface area contributed by atoms with Crippen LogP contribution in [0.5, 0.6) is 0 Å².